The second kappa shape index (κ2) is 7.48. The van der Waals surface area contributed by atoms with E-state index in [9.17, 15) is 23.9 Å². The van der Waals surface area contributed by atoms with Crippen molar-refractivity contribution >= 4 is 29.0 Å². The average molecular weight is 395 g/mol. The number of carboxylic acids is 1. The van der Waals surface area contributed by atoms with Crippen LogP contribution >= 0.6 is 0 Å². The molecule has 3 rings (SSSR count). The van der Waals surface area contributed by atoms with Crippen LogP contribution in [0.2, 0.25) is 0 Å². The van der Waals surface area contributed by atoms with Crippen molar-refractivity contribution in [3.05, 3.63) is 28.3 Å². The number of amides is 1. The summed E-state index contributed by atoms with van der Waals surface area (Å²) in [5.74, 6) is -2.29. The molecule has 0 saturated carbocycles. The van der Waals surface area contributed by atoms with Gasteiger partial charge in [0.15, 0.2) is 23.6 Å². The Balaban J connectivity index is 2.04. The highest BCUT2D eigenvalue weighted by atomic mass is 19.1. The van der Waals surface area contributed by atoms with Crippen LogP contribution in [0.3, 0.4) is 0 Å². The van der Waals surface area contributed by atoms with Crippen LogP contribution in [0, 0.1) is 5.92 Å². The summed E-state index contributed by atoms with van der Waals surface area (Å²) in [5, 5.41) is 20.7. The van der Waals surface area contributed by atoms with Crippen LogP contribution in [0.1, 0.15) is 20.1 Å². The molecule has 28 heavy (non-hydrogen) atoms. The van der Waals surface area contributed by atoms with E-state index in [1.54, 1.807) is 13.8 Å². The number of nitrogens with zero attached hydrogens (tertiary/aromatic N) is 3. The Bertz CT molecular complexity index is 1010. The lowest BCUT2D eigenvalue weighted by Gasteiger charge is -2.15. The van der Waals surface area contributed by atoms with E-state index in [0.29, 0.717) is 6.08 Å². The fourth-order valence-corrected chi connectivity index (χ4v) is 2.76. The van der Waals surface area contributed by atoms with Gasteiger partial charge in [0.2, 0.25) is 11.9 Å². The maximum Gasteiger partial charge on any atom is 0.328 e. The molecule has 2 aromatic rings. The van der Waals surface area contributed by atoms with Crippen LogP contribution < -0.4 is 10.9 Å². The molecule has 12 heteroatoms. The first-order valence-electron chi connectivity index (χ1n) is 8.35. The van der Waals surface area contributed by atoms with Crippen molar-refractivity contribution < 1.29 is 28.9 Å². The molecule has 1 aliphatic rings. The van der Waals surface area contributed by atoms with E-state index in [1.807, 2.05) is 0 Å². The Morgan fingerprint density at radius 1 is 1.50 bits per heavy atom. The zero-order valence-corrected chi connectivity index (χ0v) is 14.9. The van der Waals surface area contributed by atoms with Gasteiger partial charge in [-0.25, -0.2) is 14.2 Å². The maximum atomic E-state index is 14.9. The van der Waals surface area contributed by atoms with Crippen molar-refractivity contribution in [3.8, 4) is 0 Å². The largest absolute Gasteiger partial charge is 0.478 e. The van der Waals surface area contributed by atoms with Crippen molar-refractivity contribution in [2.24, 2.45) is 5.92 Å². The molecule has 1 amide bonds. The third kappa shape index (κ3) is 3.51. The first-order valence-corrected chi connectivity index (χ1v) is 8.35. The SMILES string of the molecule is CC(C)C(=O)Nc1nc2c(ncn2[C@@H]2O[C@H](CO)/C(=C/C(=O)O)[C@H]2F)c(=O)[nH]1. The number of H-pyrrole nitrogens is 1. The molecule has 1 fully saturated rings. The monoisotopic (exact) mass is 395 g/mol. The Kier molecular flexibility index (Phi) is 5.25. The number of fused-ring (bicyclic) bond motifs is 1. The summed E-state index contributed by atoms with van der Waals surface area (Å²) in [6, 6.07) is 0. The summed E-state index contributed by atoms with van der Waals surface area (Å²) in [7, 11) is 0. The van der Waals surface area contributed by atoms with Crippen LogP contribution in [-0.4, -0.2) is 60.5 Å². The second-order valence-corrected chi connectivity index (χ2v) is 6.46. The fourth-order valence-electron chi connectivity index (χ4n) is 2.76. The van der Waals surface area contributed by atoms with Gasteiger partial charge < -0.3 is 14.9 Å². The number of imidazole rings is 1. The van der Waals surface area contributed by atoms with Crippen molar-refractivity contribution in [2.75, 3.05) is 11.9 Å². The van der Waals surface area contributed by atoms with Gasteiger partial charge in [-0.15, -0.1) is 0 Å². The maximum absolute atomic E-state index is 14.9. The first-order chi connectivity index (χ1) is 13.2. The zero-order valence-electron chi connectivity index (χ0n) is 14.9. The number of aliphatic hydroxyl groups excluding tert-OH is 1. The van der Waals surface area contributed by atoms with E-state index in [2.05, 4.69) is 20.3 Å². The van der Waals surface area contributed by atoms with Crippen molar-refractivity contribution in [1.29, 1.82) is 0 Å². The molecule has 150 valence electrons. The van der Waals surface area contributed by atoms with Crippen LogP contribution in [0.25, 0.3) is 11.2 Å². The van der Waals surface area contributed by atoms with Crippen LogP contribution in [0.15, 0.2) is 22.8 Å². The van der Waals surface area contributed by atoms with Crippen molar-refractivity contribution in [1.82, 2.24) is 19.5 Å². The molecule has 3 heterocycles. The smallest absolute Gasteiger partial charge is 0.328 e. The highest BCUT2D eigenvalue weighted by molar-refractivity contribution is 5.91. The normalized spacial score (nSPS) is 23.6. The van der Waals surface area contributed by atoms with Crippen LogP contribution in [0.5, 0.6) is 0 Å². The number of carbonyl (C=O) groups excluding carboxylic acids is 1. The minimum atomic E-state index is -1.92. The number of halogens is 1. The lowest BCUT2D eigenvalue weighted by atomic mass is 10.1. The number of aromatic amines is 1. The molecule has 2 aromatic heterocycles. The van der Waals surface area contributed by atoms with Gasteiger partial charge in [0.1, 0.15) is 6.10 Å². The highest BCUT2D eigenvalue weighted by Gasteiger charge is 2.42. The molecule has 0 aromatic carbocycles. The van der Waals surface area contributed by atoms with E-state index < -0.39 is 36.6 Å². The number of aliphatic carboxylic acids is 1. The Morgan fingerprint density at radius 2 is 2.21 bits per heavy atom. The first kappa shape index (κ1) is 19.6. The third-order valence-electron chi connectivity index (χ3n) is 4.17. The van der Waals surface area contributed by atoms with Gasteiger partial charge >= 0.3 is 5.97 Å². The number of aliphatic hydroxyl groups is 1. The predicted octanol–water partition coefficient (Wildman–Crippen LogP) is -0.0471. The Labute approximate surface area is 156 Å². The molecule has 3 atom stereocenters. The number of rotatable bonds is 5. The summed E-state index contributed by atoms with van der Waals surface area (Å²) < 4.78 is 21.4. The predicted molar refractivity (Wildman–Crippen MR) is 93.2 cm³/mol. The summed E-state index contributed by atoms with van der Waals surface area (Å²) in [5.41, 5.74) is -1.09. The molecule has 0 aliphatic carbocycles. The standard InChI is InChI=1S/C16H18FN5O6/c1-6(2)13(26)20-16-19-12-11(14(27)21-16)18-5-22(12)15-10(17)7(3-9(24)25)8(4-23)28-15/h3,5-6,8,10,15,23H,4H2,1-2H3,(H,24,25)(H2,19,20,21,26,27)/b7-3-/t8-,10-,15-/m1/s1. The molecule has 11 nitrogen and oxygen atoms in total. The average Bonchev–Trinajstić information content (AvgIpc) is 3.16. The number of anilines is 1. The van der Waals surface area contributed by atoms with E-state index in [1.165, 1.54) is 0 Å². The van der Waals surface area contributed by atoms with Gasteiger partial charge in [-0.2, -0.15) is 4.98 Å². The number of hydrogen-bond acceptors (Lipinski definition) is 7. The minimum absolute atomic E-state index is 0.0660. The van der Waals surface area contributed by atoms with Crippen molar-refractivity contribution in [2.45, 2.75) is 32.4 Å². The number of carbonyl (C=O) groups is 2. The summed E-state index contributed by atoms with van der Waals surface area (Å²) in [4.78, 5) is 45.3. The van der Waals surface area contributed by atoms with Gasteiger partial charge in [-0.1, -0.05) is 13.8 Å². The van der Waals surface area contributed by atoms with E-state index in [-0.39, 0.29) is 34.5 Å². The summed E-state index contributed by atoms with van der Waals surface area (Å²) >= 11 is 0. The quantitative estimate of drug-likeness (QED) is 0.513. The molecule has 0 unspecified atom stereocenters. The fraction of sp³-hybridized carbons (Fsp3) is 0.438. The molecule has 0 bridgehead atoms. The molecule has 4 N–H and O–H groups in total. The summed E-state index contributed by atoms with van der Waals surface area (Å²) in [6.45, 7) is 2.68. The number of nitrogens with one attached hydrogen (secondary N) is 2. The van der Waals surface area contributed by atoms with Gasteiger partial charge in [0.25, 0.3) is 5.56 Å². The van der Waals surface area contributed by atoms with Gasteiger partial charge in [0.05, 0.1) is 12.9 Å². The number of ether oxygens (including phenoxy) is 1. The van der Waals surface area contributed by atoms with Gasteiger partial charge in [-0.05, 0) is 0 Å². The zero-order chi connectivity index (χ0) is 20.6. The Morgan fingerprint density at radius 3 is 2.82 bits per heavy atom. The van der Waals surface area contributed by atoms with Crippen LogP contribution in [-0.2, 0) is 14.3 Å². The number of alkyl halides is 1. The van der Waals surface area contributed by atoms with Crippen molar-refractivity contribution in [3.63, 3.8) is 0 Å². The lowest BCUT2D eigenvalue weighted by Crippen LogP contribution is -2.23. The third-order valence-corrected chi connectivity index (χ3v) is 4.17. The molecule has 1 saturated heterocycles. The molecule has 0 radical (unpaired) electrons. The van der Waals surface area contributed by atoms with E-state index in [0.717, 1.165) is 10.9 Å². The molecule has 1 aliphatic heterocycles. The number of hydrogen-bond donors (Lipinski definition) is 4. The number of aromatic nitrogens is 4. The van der Waals surface area contributed by atoms with Crippen LogP contribution in [0.4, 0.5) is 10.3 Å². The lowest BCUT2D eigenvalue weighted by molar-refractivity contribution is -0.131. The minimum Gasteiger partial charge on any atom is -0.478 e. The topological polar surface area (TPSA) is 159 Å². The number of carboxylic acid groups (broad SMARTS) is 1. The van der Waals surface area contributed by atoms with Gasteiger partial charge in [0, 0.05) is 17.6 Å². The van der Waals surface area contributed by atoms with Gasteiger partial charge in [-0.3, -0.25) is 24.5 Å². The summed E-state index contributed by atoms with van der Waals surface area (Å²) in [6.07, 6.45) is -2.72. The molecular weight excluding hydrogens is 377 g/mol. The highest BCUT2D eigenvalue weighted by Crippen LogP contribution is 2.36. The second-order valence-electron chi connectivity index (χ2n) is 6.46. The van der Waals surface area contributed by atoms with E-state index in [4.69, 9.17) is 9.84 Å². The van der Waals surface area contributed by atoms with E-state index >= 15 is 0 Å². The Hall–Kier alpha value is -3.12. The molecule has 0 spiro atoms. The molecular formula is C16H18FN5O6.